The number of rotatable bonds is 6. The molecule has 0 amide bonds. The number of nitro groups is 1. The minimum atomic E-state index is -1.22. The molecule has 3 N–H and O–H groups in total. The van der Waals surface area contributed by atoms with Crippen molar-refractivity contribution in [3.63, 3.8) is 0 Å². The highest BCUT2D eigenvalue weighted by Gasteiger charge is 2.29. The standard InChI is InChI=1S/C13H16N2O5/c1-7-10(14-6-12(16)8-2-3-8)4-9(13(17)18)5-11(7)15(19)20/h4-5,8,12,14,16H,2-3,6H2,1H3,(H,17,18). The number of benzene rings is 1. The van der Waals surface area contributed by atoms with Crippen LogP contribution in [0.3, 0.4) is 0 Å². The summed E-state index contributed by atoms with van der Waals surface area (Å²) in [7, 11) is 0. The van der Waals surface area contributed by atoms with Gasteiger partial charge in [0.1, 0.15) is 0 Å². The molecule has 2 rings (SSSR count). The lowest BCUT2D eigenvalue weighted by molar-refractivity contribution is -0.385. The van der Waals surface area contributed by atoms with Crippen molar-refractivity contribution in [2.45, 2.75) is 25.9 Å². The third kappa shape index (κ3) is 3.05. The quantitative estimate of drug-likeness (QED) is 0.541. The second-order valence-electron chi connectivity index (χ2n) is 5.02. The average Bonchev–Trinajstić information content (AvgIpc) is 3.20. The van der Waals surface area contributed by atoms with Gasteiger partial charge in [0.15, 0.2) is 0 Å². The molecule has 7 heteroatoms. The van der Waals surface area contributed by atoms with Crippen molar-refractivity contribution < 1.29 is 19.9 Å². The lowest BCUT2D eigenvalue weighted by atomic mass is 10.1. The van der Waals surface area contributed by atoms with E-state index < -0.39 is 17.0 Å². The zero-order valence-electron chi connectivity index (χ0n) is 11.0. The molecule has 1 aromatic carbocycles. The zero-order valence-corrected chi connectivity index (χ0v) is 11.0. The van der Waals surface area contributed by atoms with Crippen molar-refractivity contribution in [2.24, 2.45) is 5.92 Å². The minimum absolute atomic E-state index is 0.147. The van der Waals surface area contributed by atoms with Crippen molar-refractivity contribution in [2.75, 3.05) is 11.9 Å². The molecule has 1 aliphatic carbocycles. The predicted octanol–water partition coefficient (Wildman–Crippen LogP) is 1.78. The van der Waals surface area contributed by atoms with Gasteiger partial charge in [0.05, 0.1) is 16.6 Å². The second-order valence-corrected chi connectivity index (χ2v) is 5.02. The van der Waals surface area contributed by atoms with E-state index in [1.807, 2.05) is 0 Å². The third-order valence-corrected chi connectivity index (χ3v) is 3.49. The van der Waals surface area contributed by atoms with Gasteiger partial charge in [-0.2, -0.15) is 0 Å². The summed E-state index contributed by atoms with van der Waals surface area (Å²) in [5, 5.41) is 32.6. The fraction of sp³-hybridized carbons (Fsp3) is 0.462. The van der Waals surface area contributed by atoms with Crippen molar-refractivity contribution in [3.05, 3.63) is 33.4 Å². The Balaban J connectivity index is 2.25. The number of carboxylic acid groups (broad SMARTS) is 1. The number of aliphatic hydroxyl groups is 1. The Morgan fingerprint density at radius 3 is 2.70 bits per heavy atom. The number of carbonyl (C=O) groups is 1. The summed E-state index contributed by atoms with van der Waals surface area (Å²) in [6.45, 7) is 1.81. The maximum atomic E-state index is 11.0. The topological polar surface area (TPSA) is 113 Å². The van der Waals surface area contributed by atoms with Gasteiger partial charge in [0.25, 0.3) is 5.69 Å². The third-order valence-electron chi connectivity index (χ3n) is 3.49. The maximum Gasteiger partial charge on any atom is 0.336 e. The number of anilines is 1. The number of aromatic carboxylic acids is 1. The van der Waals surface area contributed by atoms with Gasteiger partial charge >= 0.3 is 5.97 Å². The fourth-order valence-electron chi connectivity index (χ4n) is 2.06. The van der Waals surface area contributed by atoms with Crippen molar-refractivity contribution >= 4 is 17.3 Å². The smallest absolute Gasteiger partial charge is 0.336 e. The van der Waals surface area contributed by atoms with Gasteiger partial charge in [0.2, 0.25) is 0 Å². The molecular weight excluding hydrogens is 264 g/mol. The molecule has 0 spiro atoms. The van der Waals surface area contributed by atoms with Crippen LogP contribution in [-0.4, -0.2) is 33.8 Å². The second kappa shape index (κ2) is 5.46. The van der Waals surface area contributed by atoms with Gasteiger partial charge in [-0.25, -0.2) is 4.79 Å². The summed E-state index contributed by atoms with van der Waals surface area (Å²) in [4.78, 5) is 21.3. The summed E-state index contributed by atoms with van der Waals surface area (Å²) < 4.78 is 0. The largest absolute Gasteiger partial charge is 0.478 e. The van der Waals surface area contributed by atoms with Crippen molar-refractivity contribution in [1.82, 2.24) is 0 Å². The lowest BCUT2D eigenvalue weighted by Gasteiger charge is -2.14. The zero-order chi connectivity index (χ0) is 14.9. The predicted molar refractivity (Wildman–Crippen MR) is 72.0 cm³/mol. The van der Waals surface area contributed by atoms with Crippen LogP contribution in [0, 0.1) is 23.0 Å². The molecule has 1 aliphatic rings. The molecule has 108 valence electrons. The number of nitrogens with one attached hydrogen (secondary N) is 1. The van der Waals surface area contributed by atoms with E-state index in [0.717, 1.165) is 18.9 Å². The fourth-order valence-corrected chi connectivity index (χ4v) is 2.06. The van der Waals surface area contributed by atoms with Crippen LogP contribution in [0.5, 0.6) is 0 Å². The Morgan fingerprint density at radius 1 is 1.55 bits per heavy atom. The number of nitro benzene ring substituents is 1. The summed E-state index contributed by atoms with van der Waals surface area (Å²) in [5.41, 5.74) is 0.346. The van der Waals surface area contributed by atoms with Crippen LogP contribution in [-0.2, 0) is 0 Å². The van der Waals surface area contributed by atoms with Crippen LogP contribution in [0.25, 0.3) is 0 Å². The van der Waals surface area contributed by atoms with E-state index >= 15 is 0 Å². The molecule has 20 heavy (non-hydrogen) atoms. The average molecular weight is 280 g/mol. The molecule has 0 aromatic heterocycles. The van der Waals surface area contributed by atoms with Crippen LogP contribution >= 0.6 is 0 Å². The first-order valence-corrected chi connectivity index (χ1v) is 6.34. The van der Waals surface area contributed by atoms with Crippen molar-refractivity contribution in [1.29, 1.82) is 0 Å². The Hall–Kier alpha value is -2.15. The van der Waals surface area contributed by atoms with Crippen LogP contribution < -0.4 is 5.32 Å². The highest BCUT2D eigenvalue weighted by molar-refractivity contribution is 5.90. The SMILES string of the molecule is Cc1c(NCC(O)C2CC2)cc(C(=O)O)cc1[N+](=O)[O-]. The van der Waals surface area contributed by atoms with Gasteiger partial charge < -0.3 is 15.5 Å². The Morgan fingerprint density at radius 2 is 2.20 bits per heavy atom. The molecule has 0 aliphatic heterocycles. The molecule has 0 heterocycles. The molecule has 0 saturated heterocycles. The Kier molecular flexibility index (Phi) is 3.89. The van der Waals surface area contributed by atoms with Crippen LogP contribution in [0.1, 0.15) is 28.8 Å². The number of hydrogen-bond acceptors (Lipinski definition) is 5. The Labute approximate surface area is 115 Å². The van der Waals surface area contributed by atoms with Gasteiger partial charge in [-0.3, -0.25) is 10.1 Å². The van der Waals surface area contributed by atoms with Gasteiger partial charge in [-0.15, -0.1) is 0 Å². The molecule has 0 bridgehead atoms. The first kappa shape index (κ1) is 14.3. The molecular formula is C13H16N2O5. The highest BCUT2D eigenvalue weighted by atomic mass is 16.6. The van der Waals surface area contributed by atoms with Gasteiger partial charge in [-0.1, -0.05) is 0 Å². The van der Waals surface area contributed by atoms with E-state index in [2.05, 4.69) is 5.32 Å². The van der Waals surface area contributed by atoms with Crippen molar-refractivity contribution in [3.8, 4) is 0 Å². The number of hydrogen-bond donors (Lipinski definition) is 3. The van der Waals surface area contributed by atoms with E-state index in [4.69, 9.17) is 5.11 Å². The summed E-state index contributed by atoms with van der Waals surface area (Å²) in [6, 6.07) is 2.39. The normalized spacial score (nSPS) is 15.7. The van der Waals surface area contributed by atoms with Gasteiger partial charge in [0, 0.05) is 23.9 Å². The maximum absolute atomic E-state index is 11.0. The summed E-state index contributed by atoms with van der Waals surface area (Å²) in [5.74, 6) is -0.945. The summed E-state index contributed by atoms with van der Waals surface area (Å²) >= 11 is 0. The molecule has 1 atom stereocenters. The minimum Gasteiger partial charge on any atom is -0.478 e. The monoisotopic (exact) mass is 280 g/mol. The van der Waals surface area contributed by atoms with E-state index in [1.165, 1.54) is 6.07 Å². The van der Waals surface area contributed by atoms with Crippen LogP contribution in [0.4, 0.5) is 11.4 Å². The van der Waals surface area contributed by atoms with E-state index in [-0.39, 0.29) is 23.7 Å². The first-order valence-electron chi connectivity index (χ1n) is 6.34. The molecule has 1 unspecified atom stereocenters. The van der Waals surface area contributed by atoms with Gasteiger partial charge in [-0.05, 0) is 31.7 Å². The van der Waals surface area contributed by atoms with E-state index in [9.17, 15) is 20.0 Å². The molecule has 1 aromatic rings. The molecule has 1 fully saturated rings. The number of aliphatic hydroxyl groups excluding tert-OH is 1. The van der Waals surface area contributed by atoms with E-state index in [1.54, 1.807) is 6.92 Å². The Bertz CT molecular complexity index is 554. The lowest BCUT2D eigenvalue weighted by Crippen LogP contribution is -2.22. The first-order chi connectivity index (χ1) is 9.40. The number of nitrogens with zero attached hydrogens (tertiary/aromatic N) is 1. The van der Waals surface area contributed by atoms with Crippen LogP contribution in [0.15, 0.2) is 12.1 Å². The number of carboxylic acids is 1. The summed E-state index contributed by atoms with van der Waals surface area (Å²) in [6.07, 6.45) is 1.45. The van der Waals surface area contributed by atoms with E-state index in [0.29, 0.717) is 11.3 Å². The highest BCUT2D eigenvalue weighted by Crippen LogP contribution is 2.33. The van der Waals surface area contributed by atoms with Crippen LogP contribution in [0.2, 0.25) is 0 Å². The molecule has 7 nitrogen and oxygen atoms in total. The molecule has 1 saturated carbocycles. The molecule has 0 radical (unpaired) electrons.